The predicted molar refractivity (Wildman–Crippen MR) is 116 cm³/mol. The van der Waals surface area contributed by atoms with Crippen LogP contribution < -0.4 is 4.72 Å². The van der Waals surface area contributed by atoms with E-state index < -0.39 is 10.0 Å². The van der Waals surface area contributed by atoms with Crippen molar-refractivity contribution in [2.24, 2.45) is 7.05 Å². The molecule has 0 saturated carbocycles. The van der Waals surface area contributed by atoms with E-state index >= 15 is 0 Å². The number of hydrogen-bond donors (Lipinski definition) is 2. The van der Waals surface area contributed by atoms with Gasteiger partial charge in [-0.25, -0.2) is 8.42 Å². The van der Waals surface area contributed by atoms with E-state index in [1.807, 2.05) is 42.5 Å². The summed E-state index contributed by atoms with van der Waals surface area (Å²) in [6.07, 6.45) is 1.40. The lowest BCUT2D eigenvalue weighted by Crippen LogP contribution is -2.23. The molecule has 0 spiro atoms. The fourth-order valence-corrected chi connectivity index (χ4v) is 4.26. The number of benzene rings is 2. The summed E-state index contributed by atoms with van der Waals surface area (Å²) in [7, 11) is 0.947. The topological polar surface area (TPSA) is 100 Å². The number of carbonyl (C=O) groups excluding carboxylic acids is 1. The average Bonchev–Trinajstić information content (AvgIpc) is 3.33. The molecule has 2 aromatic carbocycles. The van der Waals surface area contributed by atoms with Gasteiger partial charge in [0.1, 0.15) is 10.6 Å². The Morgan fingerprint density at radius 3 is 2.53 bits per heavy atom. The van der Waals surface area contributed by atoms with Crippen LogP contribution >= 0.6 is 0 Å². The first-order valence-electron chi connectivity index (χ1n) is 9.20. The van der Waals surface area contributed by atoms with Crippen molar-refractivity contribution in [3.05, 3.63) is 66.5 Å². The molecule has 154 valence electrons. The van der Waals surface area contributed by atoms with Gasteiger partial charge in [-0.3, -0.25) is 14.6 Å². The highest BCUT2D eigenvalue weighted by molar-refractivity contribution is 7.92. The maximum Gasteiger partial charge on any atom is 0.269 e. The molecule has 2 aromatic heterocycles. The van der Waals surface area contributed by atoms with Crippen molar-refractivity contribution in [1.82, 2.24) is 19.7 Å². The van der Waals surface area contributed by atoms with Crippen molar-refractivity contribution in [1.29, 1.82) is 0 Å². The number of aromatic amines is 1. The van der Waals surface area contributed by atoms with Gasteiger partial charge >= 0.3 is 0 Å². The highest BCUT2D eigenvalue weighted by Crippen LogP contribution is 2.25. The number of nitrogens with one attached hydrogen (secondary N) is 2. The van der Waals surface area contributed by atoms with Gasteiger partial charge in [0.25, 0.3) is 15.9 Å². The Morgan fingerprint density at radius 1 is 1.07 bits per heavy atom. The van der Waals surface area contributed by atoms with Crippen molar-refractivity contribution in [3.8, 4) is 11.3 Å². The van der Waals surface area contributed by atoms with Crippen molar-refractivity contribution in [2.75, 3.05) is 18.8 Å². The van der Waals surface area contributed by atoms with E-state index in [9.17, 15) is 13.2 Å². The third kappa shape index (κ3) is 3.67. The third-order valence-electron chi connectivity index (χ3n) is 4.79. The lowest BCUT2D eigenvalue weighted by atomic mass is 10.1. The van der Waals surface area contributed by atoms with E-state index in [0.717, 1.165) is 16.3 Å². The van der Waals surface area contributed by atoms with E-state index in [2.05, 4.69) is 14.9 Å². The molecule has 0 saturated heterocycles. The molecule has 4 aromatic rings. The number of fused-ring (bicyclic) bond motifs is 1. The average molecular weight is 423 g/mol. The SMILES string of the molecule is CN(C)C(=O)c1cc(S(=O)(=O)Nc2cc(-c3ccc4ccccc4c3)[nH]n2)cn1C. The number of aromatic nitrogens is 3. The molecule has 0 fully saturated rings. The van der Waals surface area contributed by atoms with Gasteiger partial charge in [-0.15, -0.1) is 0 Å². The number of sulfonamides is 1. The van der Waals surface area contributed by atoms with Gasteiger partial charge in [-0.1, -0.05) is 36.4 Å². The largest absolute Gasteiger partial charge is 0.345 e. The van der Waals surface area contributed by atoms with Crippen LogP contribution in [0.25, 0.3) is 22.0 Å². The molecule has 0 aliphatic heterocycles. The predicted octanol–water partition coefficient (Wildman–Crippen LogP) is 3.07. The Kier molecular flexibility index (Phi) is 4.83. The van der Waals surface area contributed by atoms with Crippen molar-refractivity contribution in [3.63, 3.8) is 0 Å². The number of anilines is 1. The highest BCUT2D eigenvalue weighted by atomic mass is 32.2. The van der Waals surface area contributed by atoms with Gasteiger partial charge in [0, 0.05) is 39.0 Å². The molecular formula is C21H21N5O3S. The van der Waals surface area contributed by atoms with Crippen LogP contribution in [0.4, 0.5) is 5.82 Å². The second-order valence-electron chi connectivity index (χ2n) is 7.21. The van der Waals surface area contributed by atoms with Crippen molar-refractivity contribution in [2.45, 2.75) is 4.90 Å². The number of rotatable bonds is 5. The third-order valence-corrected chi connectivity index (χ3v) is 6.11. The molecule has 0 unspecified atom stereocenters. The lowest BCUT2D eigenvalue weighted by molar-refractivity contribution is 0.0818. The molecule has 4 rings (SSSR count). The molecule has 2 N–H and O–H groups in total. The minimum Gasteiger partial charge on any atom is -0.345 e. The molecule has 9 heteroatoms. The number of hydrogen-bond acceptors (Lipinski definition) is 4. The number of nitrogens with zero attached hydrogens (tertiary/aromatic N) is 3. The number of aryl methyl sites for hydroxylation is 1. The first kappa shape index (κ1) is 19.7. The number of carbonyl (C=O) groups is 1. The summed E-state index contributed by atoms with van der Waals surface area (Å²) in [6.45, 7) is 0. The summed E-state index contributed by atoms with van der Waals surface area (Å²) in [5.41, 5.74) is 1.86. The zero-order valence-electron chi connectivity index (χ0n) is 16.7. The Labute approximate surface area is 174 Å². The quantitative estimate of drug-likeness (QED) is 0.515. The second-order valence-corrected chi connectivity index (χ2v) is 8.89. The minimum atomic E-state index is -3.90. The van der Waals surface area contributed by atoms with Gasteiger partial charge in [0.05, 0.1) is 5.69 Å². The monoisotopic (exact) mass is 423 g/mol. The standard InChI is InChI=1S/C21H21N5O3S/c1-25(2)21(27)19-11-17(13-26(19)3)30(28,29)24-20-12-18(22-23-20)16-9-8-14-6-4-5-7-15(14)10-16/h4-13H,1-3H3,(H2,22,23,24). The van der Waals surface area contributed by atoms with E-state index in [-0.39, 0.29) is 22.3 Å². The summed E-state index contributed by atoms with van der Waals surface area (Å²) in [5.74, 6) is -0.111. The molecule has 1 amide bonds. The summed E-state index contributed by atoms with van der Waals surface area (Å²) >= 11 is 0. The first-order chi connectivity index (χ1) is 14.2. The molecule has 0 atom stereocenters. The van der Waals surface area contributed by atoms with Gasteiger partial charge in [-0.2, -0.15) is 5.10 Å². The zero-order chi connectivity index (χ0) is 21.5. The Hall–Kier alpha value is -3.59. The lowest BCUT2D eigenvalue weighted by Gasteiger charge is -2.09. The molecule has 2 heterocycles. The highest BCUT2D eigenvalue weighted by Gasteiger charge is 2.22. The number of amides is 1. The van der Waals surface area contributed by atoms with Crippen LogP contribution in [0.2, 0.25) is 0 Å². The molecule has 8 nitrogen and oxygen atoms in total. The fraction of sp³-hybridized carbons (Fsp3) is 0.143. The van der Waals surface area contributed by atoms with Gasteiger partial charge in [0.15, 0.2) is 5.82 Å². The van der Waals surface area contributed by atoms with Crippen LogP contribution in [0, 0.1) is 0 Å². The van der Waals surface area contributed by atoms with Crippen molar-refractivity contribution < 1.29 is 13.2 Å². The maximum atomic E-state index is 12.8. The number of H-pyrrole nitrogens is 1. The van der Waals surface area contributed by atoms with E-state index in [4.69, 9.17) is 0 Å². The summed E-state index contributed by atoms with van der Waals surface area (Å²) in [4.78, 5) is 13.6. The molecule has 0 aliphatic carbocycles. The van der Waals surface area contributed by atoms with E-state index in [1.54, 1.807) is 27.2 Å². The fourth-order valence-electron chi connectivity index (χ4n) is 3.20. The van der Waals surface area contributed by atoms with Crippen LogP contribution in [-0.4, -0.2) is 48.1 Å². The van der Waals surface area contributed by atoms with E-state index in [1.165, 1.54) is 21.7 Å². The second kappa shape index (κ2) is 7.34. The van der Waals surface area contributed by atoms with Crippen LogP contribution in [0.15, 0.2) is 65.7 Å². The zero-order valence-corrected chi connectivity index (χ0v) is 17.6. The van der Waals surface area contributed by atoms with Crippen LogP contribution in [0.3, 0.4) is 0 Å². The molecule has 0 aliphatic rings. The summed E-state index contributed by atoms with van der Waals surface area (Å²) < 4.78 is 29.5. The van der Waals surface area contributed by atoms with Crippen LogP contribution in [0.1, 0.15) is 10.5 Å². The summed E-state index contributed by atoms with van der Waals surface area (Å²) in [5, 5.41) is 9.14. The van der Waals surface area contributed by atoms with Gasteiger partial charge in [-0.05, 0) is 22.9 Å². The van der Waals surface area contributed by atoms with Gasteiger partial charge in [0.2, 0.25) is 0 Å². The molecule has 0 bridgehead atoms. The van der Waals surface area contributed by atoms with Crippen molar-refractivity contribution >= 4 is 32.5 Å². The van der Waals surface area contributed by atoms with Gasteiger partial charge < -0.3 is 9.47 Å². The smallest absolute Gasteiger partial charge is 0.269 e. The summed E-state index contributed by atoms with van der Waals surface area (Å²) in [6, 6.07) is 16.9. The Balaban J connectivity index is 1.59. The molecule has 30 heavy (non-hydrogen) atoms. The van der Waals surface area contributed by atoms with Crippen LogP contribution in [-0.2, 0) is 17.1 Å². The van der Waals surface area contributed by atoms with E-state index in [0.29, 0.717) is 5.69 Å². The molecule has 0 radical (unpaired) electrons. The Bertz CT molecular complexity index is 1350. The first-order valence-corrected chi connectivity index (χ1v) is 10.7. The maximum absolute atomic E-state index is 12.8. The van der Waals surface area contributed by atoms with Crippen LogP contribution in [0.5, 0.6) is 0 Å². The Morgan fingerprint density at radius 2 is 1.80 bits per heavy atom. The molecular weight excluding hydrogens is 402 g/mol. The minimum absolute atomic E-state index is 0.00884. The normalized spacial score (nSPS) is 11.6.